The second kappa shape index (κ2) is 4.13. The fraction of sp³-hybridized carbons (Fsp3) is 0. The highest BCUT2D eigenvalue weighted by atomic mass is 35.5. The van der Waals surface area contributed by atoms with Gasteiger partial charge in [0.15, 0.2) is 11.0 Å². The van der Waals surface area contributed by atoms with Crippen LogP contribution in [0.5, 0.6) is 0 Å². The van der Waals surface area contributed by atoms with E-state index in [9.17, 15) is 0 Å². The normalized spacial score (nSPS) is 10.1. The summed E-state index contributed by atoms with van der Waals surface area (Å²) in [7, 11) is 0. The Kier molecular flexibility index (Phi) is 2.86. The number of rotatable bonds is 2. The highest BCUT2D eigenvalue weighted by molar-refractivity contribution is 6.99. The molecule has 1 aromatic carbocycles. The van der Waals surface area contributed by atoms with Crippen LogP contribution >= 0.6 is 34.9 Å². The molecule has 0 unspecified atom stereocenters. The highest BCUT2D eigenvalue weighted by Crippen LogP contribution is 2.27. The van der Waals surface area contributed by atoms with Crippen molar-refractivity contribution in [1.29, 1.82) is 0 Å². The van der Waals surface area contributed by atoms with Gasteiger partial charge in [-0.05, 0) is 12.1 Å². The number of halogens is 2. The molecule has 0 amide bonds. The van der Waals surface area contributed by atoms with Crippen LogP contribution in [0.25, 0.3) is 0 Å². The molecule has 0 saturated heterocycles. The third kappa shape index (κ3) is 1.97. The number of aromatic nitrogens is 2. The maximum absolute atomic E-state index is 5.94. The topological polar surface area (TPSA) is 37.8 Å². The van der Waals surface area contributed by atoms with Gasteiger partial charge < -0.3 is 5.32 Å². The molecule has 0 aliphatic rings. The van der Waals surface area contributed by atoms with E-state index in [1.807, 2.05) is 18.2 Å². The van der Waals surface area contributed by atoms with Crippen molar-refractivity contribution in [3.63, 3.8) is 0 Å². The first-order valence-electron chi connectivity index (χ1n) is 3.77. The van der Waals surface area contributed by atoms with Crippen molar-refractivity contribution in [3.8, 4) is 0 Å². The molecule has 0 atom stereocenters. The summed E-state index contributed by atoms with van der Waals surface area (Å²) in [5, 5.41) is 3.97. The Labute approximate surface area is 95.0 Å². The van der Waals surface area contributed by atoms with Gasteiger partial charge in [-0.3, -0.25) is 0 Å². The monoisotopic (exact) mass is 245 g/mol. The van der Waals surface area contributed by atoms with Gasteiger partial charge in [-0.1, -0.05) is 35.3 Å². The van der Waals surface area contributed by atoms with Crippen LogP contribution in [0.4, 0.5) is 11.5 Å². The minimum Gasteiger partial charge on any atom is -0.336 e. The van der Waals surface area contributed by atoms with Crippen molar-refractivity contribution in [2.45, 2.75) is 0 Å². The molecule has 0 bridgehead atoms. The van der Waals surface area contributed by atoms with Crippen molar-refractivity contribution >= 4 is 46.4 Å². The van der Waals surface area contributed by atoms with Crippen LogP contribution in [0.3, 0.4) is 0 Å². The van der Waals surface area contributed by atoms with Crippen LogP contribution in [0.1, 0.15) is 0 Å². The van der Waals surface area contributed by atoms with Gasteiger partial charge in [-0.2, -0.15) is 8.75 Å². The molecule has 0 radical (unpaired) electrons. The molecular formula is C8H5Cl2N3S. The van der Waals surface area contributed by atoms with E-state index in [1.165, 1.54) is 0 Å². The van der Waals surface area contributed by atoms with E-state index in [2.05, 4.69) is 14.1 Å². The highest BCUT2D eigenvalue weighted by Gasteiger charge is 2.06. The number of hydrogen-bond donors (Lipinski definition) is 1. The van der Waals surface area contributed by atoms with Crippen LogP contribution in [-0.2, 0) is 0 Å². The smallest absolute Gasteiger partial charge is 0.187 e. The average Bonchev–Trinajstić information content (AvgIpc) is 2.56. The molecule has 0 fully saturated rings. The summed E-state index contributed by atoms with van der Waals surface area (Å²) >= 11 is 12.8. The number of hydrogen-bond acceptors (Lipinski definition) is 4. The maximum Gasteiger partial charge on any atom is 0.187 e. The Balaban J connectivity index is 2.28. The molecule has 0 aliphatic heterocycles. The fourth-order valence-electron chi connectivity index (χ4n) is 0.943. The number of anilines is 2. The second-order valence-electron chi connectivity index (χ2n) is 2.51. The van der Waals surface area contributed by atoms with E-state index in [-0.39, 0.29) is 0 Å². The molecule has 1 N–H and O–H groups in total. The third-order valence-electron chi connectivity index (χ3n) is 1.58. The summed E-state index contributed by atoms with van der Waals surface area (Å²) in [6.45, 7) is 0. The summed E-state index contributed by atoms with van der Waals surface area (Å²) in [4.78, 5) is 0. The Morgan fingerprint density at radius 1 is 1.14 bits per heavy atom. The van der Waals surface area contributed by atoms with E-state index in [0.717, 1.165) is 17.4 Å². The lowest BCUT2D eigenvalue weighted by molar-refractivity contribution is 1.45. The Morgan fingerprint density at radius 3 is 2.57 bits per heavy atom. The first-order valence-corrected chi connectivity index (χ1v) is 5.25. The molecular weight excluding hydrogens is 241 g/mol. The predicted octanol–water partition coefficient (Wildman–Crippen LogP) is 3.59. The Morgan fingerprint density at radius 2 is 1.93 bits per heavy atom. The van der Waals surface area contributed by atoms with E-state index in [0.29, 0.717) is 16.0 Å². The molecule has 2 aromatic rings. The molecule has 1 heterocycles. The zero-order chi connectivity index (χ0) is 9.97. The molecule has 3 nitrogen and oxygen atoms in total. The van der Waals surface area contributed by atoms with Gasteiger partial charge >= 0.3 is 0 Å². The minimum atomic E-state index is 0.356. The number of nitrogens with one attached hydrogen (secondary N) is 1. The van der Waals surface area contributed by atoms with Crippen molar-refractivity contribution in [1.82, 2.24) is 8.75 Å². The van der Waals surface area contributed by atoms with Crippen molar-refractivity contribution in [2.75, 3.05) is 5.32 Å². The molecule has 1 aromatic heterocycles. The maximum atomic E-state index is 5.94. The Hall–Kier alpha value is -0.840. The van der Waals surface area contributed by atoms with Crippen LogP contribution in [0, 0.1) is 0 Å². The summed E-state index contributed by atoms with van der Waals surface area (Å²) < 4.78 is 7.81. The molecule has 14 heavy (non-hydrogen) atoms. The average molecular weight is 246 g/mol. The first kappa shape index (κ1) is 9.71. The molecule has 6 heteroatoms. The number of nitrogens with zero attached hydrogens (tertiary/aromatic N) is 2. The van der Waals surface area contributed by atoms with Crippen LogP contribution in [0.2, 0.25) is 10.2 Å². The molecule has 0 aliphatic carbocycles. The van der Waals surface area contributed by atoms with Gasteiger partial charge in [0.05, 0.1) is 22.4 Å². The van der Waals surface area contributed by atoms with Crippen LogP contribution in [-0.4, -0.2) is 8.75 Å². The second-order valence-corrected chi connectivity index (χ2v) is 3.80. The summed E-state index contributed by atoms with van der Waals surface area (Å²) in [5.41, 5.74) is 0.767. The quantitative estimate of drug-likeness (QED) is 0.879. The Bertz CT molecular complexity index is 444. The standard InChI is InChI=1S/C8H5Cl2N3S/c9-5-3-1-2-4-6(5)11-8-7(10)12-14-13-8/h1-4H,(H,11,13). The van der Waals surface area contributed by atoms with Crippen molar-refractivity contribution in [2.24, 2.45) is 0 Å². The zero-order valence-corrected chi connectivity index (χ0v) is 9.20. The fourth-order valence-corrected chi connectivity index (χ4v) is 1.77. The predicted molar refractivity (Wildman–Crippen MR) is 59.7 cm³/mol. The lowest BCUT2D eigenvalue weighted by Gasteiger charge is -2.04. The van der Waals surface area contributed by atoms with Gasteiger partial charge in [0.2, 0.25) is 0 Å². The zero-order valence-electron chi connectivity index (χ0n) is 6.87. The summed E-state index contributed by atoms with van der Waals surface area (Å²) in [6.07, 6.45) is 0. The molecule has 72 valence electrons. The largest absolute Gasteiger partial charge is 0.336 e. The lowest BCUT2D eigenvalue weighted by Crippen LogP contribution is -1.91. The summed E-state index contributed by atoms with van der Waals surface area (Å²) in [5.74, 6) is 0.532. The van der Waals surface area contributed by atoms with E-state index in [4.69, 9.17) is 23.2 Å². The van der Waals surface area contributed by atoms with Gasteiger partial charge in [-0.25, -0.2) is 0 Å². The minimum absolute atomic E-state index is 0.356. The summed E-state index contributed by atoms with van der Waals surface area (Å²) in [6, 6.07) is 7.37. The van der Waals surface area contributed by atoms with Gasteiger partial charge in [-0.15, -0.1) is 0 Å². The molecule has 0 saturated carbocycles. The van der Waals surface area contributed by atoms with Gasteiger partial charge in [0.1, 0.15) is 0 Å². The van der Waals surface area contributed by atoms with Gasteiger partial charge in [0.25, 0.3) is 0 Å². The van der Waals surface area contributed by atoms with Crippen LogP contribution in [0.15, 0.2) is 24.3 Å². The number of para-hydroxylation sites is 1. The molecule has 0 spiro atoms. The molecule has 2 rings (SSSR count). The van der Waals surface area contributed by atoms with E-state index < -0.39 is 0 Å². The van der Waals surface area contributed by atoms with Crippen molar-refractivity contribution in [3.05, 3.63) is 34.4 Å². The van der Waals surface area contributed by atoms with Gasteiger partial charge in [0, 0.05) is 0 Å². The van der Waals surface area contributed by atoms with Crippen molar-refractivity contribution < 1.29 is 0 Å². The van der Waals surface area contributed by atoms with Crippen LogP contribution < -0.4 is 5.32 Å². The number of benzene rings is 1. The van der Waals surface area contributed by atoms with E-state index >= 15 is 0 Å². The third-order valence-corrected chi connectivity index (χ3v) is 2.80. The lowest BCUT2D eigenvalue weighted by atomic mass is 10.3. The SMILES string of the molecule is Clc1ccccc1Nc1nsnc1Cl. The van der Waals surface area contributed by atoms with E-state index in [1.54, 1.807) is 6.07 Å². The first-order chi connectivity index (χ1) is 6.77.